The molecule has 0 aliphatic carbocycles. The molecule has 26 heavy (non-hydrogen) atoms. The first-order valence-corrected chi connectivity index (χ1v) is 9.09. The van der Waals surface area contributed by atoms with Crippen molar-refractivity contribution in [2.75, 3.05) is 18.0 Å². The minimum Gasteiger partial charge on any atom is -0.468 e. The van der Waals surface area contributed by atoms with Gasteiger partial charge in [0.25, 0.3) is 15.7 Å². The third kappa shape index (κ3) is 3.94. The Hall–Kier alpha value is -2.65. The van der Waals surface area contributed by atoms with Crippen LogP contribution in [0.15, 0.2) is 47.4 Å². The molecule has 0 radical (unpaired) electrons. The van der Waals surface area contributed by atoms with Crippen LogP contribution in [0.2, 0.25) is 5.02 Å². The number of para-hydroxylation sites is 1. The van der Waals surface area contributed by atoms with Crippen molar-refractivity contribution in [3.63, 3.8) is 0 Å². The molecule has 0 bridgehead atoms. The van der Waals surface area contributed by atoms with E-state index in [1.807, 2.05) is 0 Å². The van der Waals surface area contributed by atoms with Crippen LogP contribution in [-0.2, 0) is 19.6 Å². The molecule has 0 atom stereocenters. The number of benzene rings is 2. The maximum absolute atomic E-state index is 13.1. The van der Waals surface area contributed by atoms with Gasteiger partial charge in [0.1, 0.15) is 6.54 Å². The number of hydrogen-bond donors (Lipinski definition) is 0. The normalized spacial score (nSPS) is 11.0. The van der Waals surface area contributed by atoms with Crippen LogP contribution in [0, 0.1) is 17.0 Å². The fourth-order valence-electron chi connectivity index (χ4n) is 2.32. The van der Waals surface area contributed by atoms with Gasteiger partial charge in [0, 0.05) is 11.1 Å². The number of sulfonamides is 1. The van der Waals surface area contributed by atoms with Gasteiger partial charge in [-0.25, -0.2) is 8.42 Å². The second-order valence-electron chi connectivity index (χ2n) is 5.24. The number of rotatable bonds is 6. The first kappa shape index (κ1) is 19.7. The second kappa shape index (κ2) is 7.71. The predicted molar refractivity (Wildman–Crippen MR) is 95.8 cm³/mol. The van der Waals surface area contributed by atoms with E-state index in [2.05, 4.69) is 4.74 Å². The summed E-state index contributed by atoms with van der Waals surface area (Å²) in [5, 5.41) is 11.6. The molecule has 0 heterocycles. The molecule has 2 rings (SSSR count). The Balaban J connectivity index is 2.68. The van der Waals surface area contributed by atoms with Crippen LogP contribution in [0.25, 0.3) is 0 Å². The van der Waals surface area contributed by atoms with Gasteiger partial charge in [0.15, 0.2) is 4.90 Å². The lowest BCUT2D eigenvalue weighted by atomic mass is 10.2. The number of carbonyl (C=O) groups excluding carboxylic acids is 1. The minimum absolute atomic E-state index is 0.165. The number of nitro groups is 1. The van der Waals surface area contributed by atoms with Crippen molar-refractivity contribution in [1.82, 2.24) is 0 Å². The zero-order valence-corrected chi connectivity index (χ0v) is 15.5. The van der Waals surface area contributed by atoms with E-state index in [9.17, 15) is 23.3 Å². The molecule has 10 heteroatoms. The molecule has 0 aliphatic rings. The lowest BCUT2D eigenvalue weighted by molar-refractivity contribution is -0.387. The summed E-state index contributed by atoms with van der Waals surface area (Å²) in [5.41, 5.74) is 0.0514. The highest BCUT2D eigenvalue weighted by atomic mass is 35.5. The zero-order valence-electron chi connectivity index (χ0n) is 13.9. The topological polar surface area (TPSA) is 107 Å². The van der Waals surface area contributed by atoms with Crippen molar-refractivity contribution in [3.05, 3.63) is 63.2 Å². The summed E-state index contributed by atoms with van der Waals surface area (Å²) in [6.45, 7) is 0.966. The van der Waals surface area contributed by atoms with Gasteiger partial charge in [-0.1, -0.05) is 23.7 Å². The van der Waals surface area contributed by atoms with Crippen molar-refractivity contribution in [1.29, 1.82) is 0 Å². The molecule has 138 valence electrons. The molecular weight excluding hydrogens is 384 g/mol. The van der Waals surface area contributed by atoms with Gasteiger partial charge in [-0.3, -0.25) is 19.2 Å². The van der Waals surface area contributed by atoms with Gasteiger partial charge in [-0.15, -0.1) is 0 Å². The summed E-state index contributed by atoms with van der Waals surface area (Å²) >= 11 is 5.90. The molecular formula is C16H15ClN2O6S. The van der Waals surface area contributed by atoms with Crippen LogP contribution in [0.5, 0.6) is 0 Å². The molecule has 0 saturated heterocycles. The number of carbonyl (C=O) groups is 1. The standard InChI is InChI=1S/C16H15ClN2O6S/c1-11-9-12(17)7-8-13(11)18(10-16(20)25-2)26(23,24)15-6-4-3-5-14(15)19(21)22/h3-9H,10H2,1-2H3. The van der Waals surface area contributed by atoms with Gasteiger partial charge < -0.3 is 4.74 Å². The van der Waals surface area contributed by atoms with Crippen LogP contribution >= 0.6 is 11.6 Å². The van der Waals surface area contributed by atoms with E-state index in [1.54, 1.807) is 6.92 Å². The molecule has 0 amide bonds. The SMILES string of the molecule is COC(=O)CN(c1ccc(Cl)cc1C)S(=O)(=O)c1ccccc1[N+](=O)[O-]. The summed E-state index contributed by atoms with van der Waals surface area (Å²) in [6.07, 6.45) is 0. The largest absolute Gasteiger partial charge is 0.468 e. The van der Waals surface area contributed by atoms with Gasteiger partial charge in [0.05, 0.1) is 17.7 Å². The Labute approximate surface area is 155 Å². The first-order valence-electron chi connectivity index (χ1n) is 7.27. The van der Waals surface area contributed by atoms with Crippen LogP contribution in [-0.4, -0.2) is 33.0 Å². The predicted octanol–water partition coefficient (Wildman–Crippen LogP) is 2.92. The fraction of sp³-hybridized carbons (Fsp3) is 0.188. The molecule has 0 N–H and O–H groups in total. The Morgan fingerprint density at radius 3 is 2.50 bits per heavy atom. The van der Waals surface area contributed by atoms with Crippen LogP contribution in [0.3, 0.4) is 0 Å². The van der Waals surface area contributed by atoms with E-state index in [4.69, 9.17) is 11.6 Å². The number of methoxy groups -OCH3 is 1. The quantitative estimate of drug-likeness (QED) is 0.420. The molecule has 0 aromatic heterocycles. The third-order valence-corrected chi connectivity index (χ3v) is 5.60. The highest BCUT2D eigenvalue weighted by molar-refractivity contribution is 7.93. The smallest absolute Gasteiger partial charge is 0.326 e. The second-order valence-corrected chi connectivity index (χ2v) is 7.51. The lowest BCUT2D eigenvalue weighted by Gasteiger charge is -2.25. The maximum atomic E-state index is 13.1. The van der Waals surface area contributed by atoms with Crippen molar-refractivity contribution in [2.45, 2.75) is 11.8 Å². The number of nitro benzene ring substituents is 1. The Bertz CT molecular complexity index is 961. The minimum atomic E-state index is -4.42. The molecule has 8 nitrogen and oxygen atoms in total. The number of aryl methyl sites for hydroxylation is 1. The lowest BCUT2D eigenvalue weighted by Crippen LogP contribution is -2.37. The summed E-state index contributed by atoms with van der Waals surface area (Å²) < 4.78 is 31.6. The monoisotopic (exact) mass is 398 g/mol. The fourth-order valence-corrected chi connectivity index (χ4v) is 4.19. The average molecular weight is 399 g/mol. The van der Waals surface area contributed by atoms with Crippen LogP contribution in [0.4, 0.5) is 11.4 Å². The van der Waals surface area contributed by atoms with E-state index < -0.39 is 38.0 Å². The number of nitrogens with zero attached hydrogens (tertiary/aromatic N) is 2. The van der Waals surface area contributed by atoms with Crippen molar-refractivity contribution >= 4 is 39.0 Å². The molecule has 0 saturated carbocycles. The Kier molecular flexibility index (Phi) is 5.83. The van der Waals surface area contributed by atoms with Gasteiger partial charge >= 0.3 is 5.97 Å². The molecule has 0 aliphatic heterocycles. The highest BCUT2D eigenvalue weighted by Crippen LogP contribution is 2.32. The van der Waals surface area contributed by atoms with Crippen molar-refractivity contribution < 1.29 is 22.9 Å². The first-order chi connectivity index (χ1) is 12.2. The number of anilines is 1. The summed E-state index contributed by atoms with van der Waals surface area (Å²) in [5.74, 6) is -0.818. The van der Waals surface area contributed by atoms with Crippen LogP contribution < -0.4 is 4.31 Å². The van der Waals surface area contributed by atoms with E-state index in [0.29, 0.717) is 10.6 Å². The van der Waals surface area contributed by atoms with Gasteiger partial charge in [-0.05, 0) is 36.8 Å². The molecule has 0 fully saturated rings. The van der Waals surface area contributed by atoms with E-state index in [-0.39, 0.29) is 5.69 Å². The number of esters is 1. The zero-order chi connectivity index (χ0) is 19.5. The summed E-state index contributed by atoms with van der Waals surface area (Å²) in [4.78, 5) is 21.7. The maximum Gasteiger partial charge on any atom is 0.326 e. The Morgan fingerprint density at radius 1 is 1.27 bits per heavy atom. The highest BCUT2D eigenvalue weighted by Gasteiger charge is 2.33. The van der Waals surface area contributed by atoms with Crippen LogP contribution in [0.1, 0.15) is 5.56 Å². The molecule has 2 aromatic rings. The van der Waals surface area contributed by atoms with E-state index in [1.165, 1.54) is 30.3 Å². The number of hydrogen-bond acceptors (Lipinski definition) is 6. The molecule has 0 spiro atoms. The summed E-state index contributed by atoms with van der Waals surface area (Å²) in [6, 6.07) is 9.33. The van der Waals surface area contributed by atoms with E-state index in [0.717, 1.165) is 23.5 Å². The third-order valence-electron chi connectivity index (χ3n) is 3.56. The van der Waals surface area contributed by atoms with Crippen molar-refractivity contribution in [3.8, 4) is 0 Å². The van der Waals surface area contributed by atoms with Gasteiger partial charge in [0.2, 0.25) is 0 Å². The molecule has 0 unspecified atom stereocenters. The Morgan fingerprint density at radius 2 is 1.92 bits per heavy atom. The van der Waals surface area contributed by atoms with Crippen molar-refractivity contribution in [2.24, 2.45) is 0 Å². The van der Waals surface area contributed by atoms with E-state index >= 15 is 0 Å². The number of ether oxygens (including phenoxy) is 1. The average Bonchev–Trinajstić information content (AvgIpc) is 2.59. The molecule has 2 aromatic carbocycles. The van der Waals surface area contributed by atoms with Gasteiger partial charge in [-0.2, -0.15) is 0 Å². The summed E-state index contributed by atoms with van der Waals surface area (Å²) in [7, 11) is -3.30. The number of halogens is 1.